The molecule has 0 bridgehead atoms. The van der Waals surface area contributed by atoms with Crippen molar-refractivity contribution in [3.8, 4) is 0 Å². The Hall–Kier alpha value is -1.95. The Morgan fingerprint density at radius 3 is 2.95 bits per heavy atom. The summed E-state index contributed by atoms with van der Waals surface area (Å²) in [5.41, 5.74) is 1.19. The van der Waals surface area contributed by atoms with E-state index in [1.54, 1.807) is 12.1 Å². The Bertz CT molecular complexity index is 680. The number of carbonyl (C=O) groups is 1. The Balaban J connectivity index is 1.77. The number of likely N-dealkylation sites (tertiary alicyclic amines) is 1. The summed E-state index contributed by atoms with van der Waals surface area (Å²) in [6, 6.07) is 4.07. The number of fused-ring (bicyclic) bond motifs is 1. The minimum absolute atomic E-state index is 0.351. The van der Waals surface area contributed by atoms with Gasteiger partial charge in [0.2, 0.25) is 0 Å². The second-order valence-electron chi connectivity index (χ2n) is 6.20. The molecular weight excluding hydrogens is 280 g/mol. The molecule has 1 aliphatic rings. The predicted octanol–water partition coefficient (Wildman–Crippen LogP) is 1.79. The third-order valence-electron chi connectivity index (χ3n) is 4.42. The molecule has 1 saturated heterocycles. The third-order valence-corrected chi connectivity index (χ3v) is 4.42. The van der Waals surface area contributed by atoms with Crippen LogP contribution in [0.4, 0.5) is 0 Å². The molecule has 2 aromatic heterocycles. The topological polar surface area (TPSA) is 59.7 Å². The van der Waals surface area contributed by atoms with Gasteiger partial charge in [0.15, 0.2) is 5.65 Å². The quantitative estimate of drug-likeness (QED) is 0.806. The first-order valence-corrected chi connectivity index (χ1v) is 7.74. The van der Waals surface area contributed by atoms with Crippen molar-refractivity contribution in [3.63, 3.8) is 0 Å². The van der Waals surface area contributed by atoms with Gasteiger partial charge in [-0.1, -0.05) is 0 Å². The number of hydrogen-bond donors (Lipinski definition) is 0. The number of methoxy groups -OCH3 is 1. The maximum atomic E-state index is 11.6. The molecule has 0 aliphatic carbocycles. The maximum Gasteiger partial charge on any atom is 0.338 e. The molecule has 6 nitrogen and oxygen atoms in total. The minimum atomic E-state index is -0.351. The molecule has 1 fully saturated rings. The van der Waals surface area contributed by atoms with Gasteiger partial charge in [-0.05, 0) is 44.9 Å². The van der Waals surface area contributed by atoms with E-state index in [1.807, 2.05) is 10.6 Å². The van der Waals surface area contributed by atoms with E-state index in [2.05, 4.69) is 28.9 Å². The van der Waals surface area contributed by atoms with Crippen molar-refractivity contribution < 1.29 is 9.53 Å². The highest BCUT2D eigenvalue weighted by Gasteiger charge is 2.25. The highest BCUT2D eigenvalue weighted by Crippen LogP contribution is 2.22. The second kappa shape index (κ2) is 6.04. The molecule has 3 rings (SSSR count). The Morgan fingerprint density at radius 2 is 2.27 bits per heavy atom. The maximum absolute atomic E-state index is 11.6. The molecular formula is C16H22N4O2. The first-order valence-electron chi connectivity index (χ1n) is 7.74. The average Bonchev–Trinajstić information content (AvgIpc) is 3.14. The Labute approximate surface area is 130 Å². The van der Waals surface area contributed by atoms with Crippen LogP contribution in [0, 0.1) is 5.92 Å². The van der Waals surface area contributed by atoms with Gasteiger partial charge in [0.25, 0.3) is 0 Å². The lowest BCUT2D eigenvalue weighted by Gasteiger charge is -2.20. The number of esters is 1. The summed E-state index contributed by atoms with van der Waals surface area (Å²) < 4.78 is 6.69. The summed E-state index contributed by atoms with van der Waals surface area (Å²) in [5, 5.41) is 8.48. The second-order valence-corrected chi connectivity index (χ2v) is 6.20. The average molecular weight is 302 g/mol. The molecule has 0 spiro atoms. The molecule has 6 heteroatoms. The molecule has 118 valence electrons. The third kappa shape index (κ3) is 2.83. The van der Waals surface area contributed by atoms with Crippen molar-refractivity contribution in [2.75, 3.05) is 20.2 Å². The number of ether oxygens (including phenoxy) is 1. The molecule has 0 N–H and O–H groups in total. The summed E-state index contributed by atoms with van der Waals surface area (Å²) in [6.45, 7) is 6.75. The molecule has 0 amide bonds. The van der Waals surface area contributed by atoms with Gasteiger partial charge in [0.1, 0.15) is 5.82 Å². The zero-order valence-electron chi connectivity index (χ0n) is 13.3. The fraction of sp³-hybridized carbons (Fsp3) is 0.562. The van der Waals surface area contributed by atoms with Crippen LogP contribution in [0.5, 0.6) is 0 Å². The van der Waals surface area contributed by atoms with E-state index in [9.17, 15) is 4.79 Å². The van der Waals surface area contributed by atoms with Crippen molar-refractivity contribution in [1.82, 2.24) is 19.5 Å². The first-order chi connectivity index (χ1) is 10.6. The van der Waals surface area contributed by atoms with Gasteiger partial charge in [0.05, 0.1) is 12.7 Å². The standard InChI is InChI=1S/C16H22N4O2/c1-11(2)19-6-4-12(10-19)8-14-17-18-15-9-13(16(21)22-3)5-7-20(14)15/h5,7,9,11-12H,4,6,8,10H2,1-3H3. The molecule has 1 aliphatic heterocycles. The van der Waals surface area contributed by atoms with Crippen LogP contribution in [0.25, 0.3) is 5.65 Å². The van der Waals surface area contributed by atoms with Gasteiger partial charge in [-0.3, -0.25) is 4.40 Å². The number of pyridine rings is 1. The van der Waals surface area contributed by atoms with E-state index in [0.29, 0.717) is 23.2 Å². The predicted molar refractivity (Wildman–Crippen MR) is 82.8 cm³/mol. The highest BCUT2D eigenvalue weighted by molar-refractivity contribution is 5.90. The van der Waals surface area contributed by atoms with Crippen molar-refractivity contribution in [3.05, 3.63) is 29.7 Å². The van der Waals surface area contributed by atoms with Crippen LogP contribution in [0.1, 0.15) is 36.5 Å². The van der Waals surface area contributed by atoms with E-state index < -0.39 is 0 Å². The normalized spacial score (nSPS) is 19.2. The van der Waals surface area contributed by atoms with Gasteiger partial charge in [-0.2, -0.15) is 0 Å². The minimum Gasteiger partial charge on any atom is -0.465 e. The molecule has 22 heavy (non-hydrogen) atoms. The van der Waals surface area contributed by atoms with Crippen LogP contribution in [0.3, 0.4) is 0 Å². The van der Waals surface area contributed by atoms with E-state index in [1.165, 1.54) is 13.5 Å². The van der Waals surface area contributed by atoms with Crippen molar-refractivity contribution in [2.45, 2.75) is 32.7 Å². The number of aromatic nitrogens is 3. The molecule has 0 radical (unpaired) electrons. The number of rotatable bonds is 4. The van der Waals surface area contributed by atoms with E-state index in [-0.39, 0.29) is 5.97 Å². The lowest BCUT2D eigenvalue weighted by atomic mass is 10.0. The summed E-state index contributed by atoms with van der Waals surface area (Å²) in [4.78, 5) is 14.1. The monoisotopic (exact) mass is 302 g/mol. The molecule has 0 saturated carbocycles. The molecule has 2 aromatic rings. The fourth-order valence-electron chi connectivity index (χ4n) is 3.08. The van der Waals surface area contributed by atoms with E-state index in [4.69, 9.17) is 4.74 Å². The van der Waals surface area contributed by atoms with E-state index in [0.717, 1.165) is 25.3 Å². The lowest BCUT2D eigenvalue weighted by Crippen LogP contribution is -2.28. The summed E-state index contributed by atoms with van der Waals surface area (Å²) in [7, 11) is 1.38. The van der Waals surface area contributed by atoms with Crippen LogP contribution in [0.15, 0.2) is 18.3 Å². The van der Waals surface area contributed by atoms with Gasteiger partial charge in [-0.15, -0.1) is 10.2 Å². The van der Waals surface area contributed by atoms with Crippen molar-refractivity contribution in [1.29, 1.82) is 0 Å². The van der Waals surface area contributed by atoms with Crippen molar-refractivity contribution in [2.24, 2.45) is 5.92 Å². The molecule has 1 unspecified atom stereocenters. The smallest absolute Gasteiger partial charge is 0.338 e. The largest absolute Gasteiger partial charge is 0.465 e. The SMILES string of the molecule is COC(=O)c1ccn2c(CC3CCN(C(C)C)C3)nnc2c1. The van der Waals surface area contributed by atoms with Gasteiger partial charge < -0.3 is 9.64 Å². The number of carbonyl (C=O) groups excluding carboxylic acids is 1. The van der Waals surface area contributed by atoms with Crippen LogP contribution < -0.4 is 0 Å². The molecule has 0 aromatic carbocycles. The highest BCUT2D eigenvalue weighted by atomic mass is 16.5. The fourth-order valence-corrected chi connectivity index (χ4v) is 3.08. The zero-order valence-corrected chi connectivity index (χ0v) is 13.3. The summed E-state index contributed by atoms with van der Waals surface area (Å²) in [6.07, 6.45) is 3.97. The first kappa shape index (κ1) is 15.0. The molecule has 3 heterocycles. The van der Waals surface area contributed by atoms with E-state index >= 15 is 0 Å². The van der Waals surface area contributed by atoms with Crippen LogP contribution in [-0.2, 0) is 11.2 Å². The zero-order chi connectivity index (χ0) is 15.7. The number of nitrogens with zero attached hydrogens (tertiary/aromatic N) is 4. The summed E-state index contributed by atoms with van der Waals surface area (Å²) >= 11 is 0. The van der Waals surface area contributed by atoms with Crippen LogP contribution in [0.2, 0.25) is 0 Å². The van der Waals surface area contributed by atoms with Crippen LogP contribution in [-0.4, -0.2) is 51.7 Å². The van der Waals surface area contributed by atoms with Gasteiger partial charge in [-0.25, -0.2) is 4.79 Å². The number of hydrogen-bond acceptors (Lipinski definition) is 5. The summed E-state index contributed by atoms with van der Waals surface area (Å²) in [5.74, 6) is 1.23. The Morgan fingerprint density at radius 1 is 1.45 bits per heavy atom. The van der Waals surface area contributed by atoms with Gasteiger partial charge in [0, 0.05) is 25.2 Å². The lowest BCUT2D eigenvalue weighted by molar-refractivity contribution is 0.0600. The van der Waals surface area contributed by atoms with Crippen molar-refractivity contribution >= 4 is 11.6 Å². The van der Waals surface area contributed by atoms with Gasteiger partial charge >= 0.3 is 5.97 Å². The Kier molecular flexibility index (Phi) is 4.11. The van der Waals surface area contributed by atoms with Crippen LogP contribution >= 0.6 is 0 Å². The molecule has 1 atom stereocenters.